The van der Waals surface area contributed by atoms with Gasteiger partial charge in [0.25, 0.3) is 0 Å². The predicted octanol–water partition coefficient (Wildman–Crippen LogP) is 0.840. The minimum atomic E-state index is -0.0632. The molecule has 13 heavy (non-hydrogen) atoms. The third-order valence-electron chi connectivity index (χ3n) is 1.30. The second-order valence-electron chi connectivity index (χ2n) is 3.93. The van der Waals surface area contributed by atoms with Gasteiger partial charge in [0.05, 0.1) is 0 Å². The summed E-state index contributed by atoms with van der Waals surface area (Å²) in [6.45, 7) is 6.69. The zero-order valence-corrected chi connectivity index (χ0v) is 8.18. The summed E-state index contributed by atoms with van der Waals surface area (Å²) in [6.07, 6.45) is 0. The Balaban J connectivity index is 4.38. The molecule has 0 aromatic rings. The van der Waals surface area contributed by atoms with Crippen molar-refractivity contribution in [2.45, 2.75) is 20.8 Å². The lowest BCUT2D eigenvalue weighted by atomic mass is 9.97. The molecule has 0 aliphatic rings. The zero-order chi connectivity index (χ0) is 10.5. The highest BCUT2D eigenvalue weighted by atomic mass is 14.9. The van der Waals surface area contributed by atoms with E-state index in [9.17, 15) is 0 Å². The second-order valence-corrected chi connectivity index (χ2v) is 3.93. The SMILES string of the molecule is CC(C)(C)CN/C(C#N)=C(\N)C#N. The van der Waals surface area contributed by atoms with Crippen molar-refractivity contribution in [3.8, 4) is 12.1 Å². The van der Waals surface area contributed by atoms with Crippen molar-refractivity contribution in [1.82, 2.24) is 5.32 Å². The molecular weight excluding hydrogens is 164 g/mol. The lowest BCUT2D eigenvalue weighted by Gasteiger charge is -2.18. The average Bonchev–Trinajstić information content (AvgIpc) is 2.03. The molecule has 0 radical (unpaired) electrons. The van der Waals surface area contributed by atoms with Gasteiger partial charge >= 0.3 is 0 Å². The maximum absolute atomic E-state index is 8.62. The molecule has 0 bridgehead atoms. The maximum Gasteiger partial charge on any atom is 0.147 e. The van der Waals surface area contributed by atoms with Crippen molar-refractivity contribution >= 4 is 0 Å². The van der Waals surface area contributed by atoms with Gasteiger partial charge < -0.3 is 11.1 Å². The van der Waals surface area contributed by atoms with Gasteiger partial charge in [0.15, 0.2) is 0 Å². The molecule has 4 nitrogen and oxygen atoms in total. The number of nitriles is 2. The number of rotatable bonds is 2. The first kappa shape index (κ1) is 11.3. The fraction of sp³-hybridized carbons (Fsp3) is 0.556. The molecule has 0 aliphatic heterocycles. The quantitative estimate of drug-likeness (QED) is 0.613. The third kappa shape index (κ3) is 4.71. The van der Waals surface area contributed by atoms with Crippen LogP contribution in [0.4, 0.5) is 0 Å². The van der Waals surface area contributed by atoms with Crippen LogP contribution >= 0.6 is 0 Å². The molecular formula is C9H14N4. The minimum absolute atomic E-state index is 0.0534. The molecule has 0 aromatic carbocycles. The standard InChI is InChI=1S/C9H14N4/c1-9(2,3)6-13-8(5-11)7(12)4-10/h13H,6,12H2,1-3H3/b8-7-. The van der Waals surface area contributed by atoms with Gasteiger partial charge in [0.1, 0.15) is 23.5 Å². The Labute approximate surface area is 78.6 Å². The molecule has 0 saturated carbocycles. The van der Waals surface area contributed by atoms with E-state index >= 15 is 0 Å². The van der Waals surface area contributed by atoms with Gasteiger partial charge in [0, 0.05) is 6.54 Å². The van der Waals surface area contributed by atoms with Crippen LogP contribution in [0.3, 0.4) is 0 Å². The summed E-state index contributed by atoms with van der Waals surface area (Å²) in [5.41, 5.74) is 5.43. The Kier molecular flexibility index (Phi) is 3.81. The van der Waals surface area contributed by atoms with Crippen LogP contribution in [0.2, 0.25) is 0 Å². The Morgan fingerprint density at radius 1 is 1.31 bits per heavy atom. The lowest BCUT2D eigenvalue weighted by Crippen LogP contribution is -2.27. The first-order chi connectivity index (χ1) is 5.90. The zero-order valence-electron chi connectivity index (χ0n) is 8.18. The highest BCUT2D eigenvalue weighted by molar-refractivity contribution is 5.32. The summed E-state index contributed by atoms with van der Waals surface area (Å²) in [4.78, 5) is 0. The van der Waals surface area contributed by atoms with Crippen molar-refractivity contribution in [3.05, 3.63) is 11.4 Å². The molecule has 0 aromatic heterocycles. The number of hydrogen-bond acceptors (Lipinski definition) is 4. The Morgan fingerprint density at radius 2 is 1.85 bits per heavy atom. The van der Waals surface area contributed by atoms with Crippen molar-refractivity contribution in [2.24, 2.45) is 11.1 Å². The maximum atomic E-state index is 8.62. The smallest absolute Gasteiger partial charge is 0.147 e. The first-order valence-corrected chi connectivity index (χ1v) is 3.94. The fourth-order valence-electron chi connectivity index (χ4n) is 0.604. The monoisotopic (exact) mass is 178 g/mol. The van der Waals surface area contributed by atoms with Gasteiger partial charge in [-0.2, -0.15) is 10.5 Å². The van der Waals surface area contributed by atoms with E-state index in [1.807, 2.05) is 26.8 Å². The van der Waals surface area contributed by atoms with E-state index in [1.54, 1.807) is 6.07 Å². The van der Waals surface area contributed by atoms with Crippen LogP contribution < -0.4 is 11.1 Å². The van der Waals surface area contributed by atoms with Gasteiger partial charge in [-0.05, 0) is 5.41 Å². The van der Waals surface area contributed by atoms with Crippen LogP contribution in [-0.4, -0.2) is 6.54 Å². The molecule has 0 spiro atoms. The molecule has 4 heteroatoms. The van der Waals surface area contributed by atoms with E-state index in [0.29, 0.717) is 6.54 Å². The van der Waals surface area contributed by atoms with Crippen LogP contribution in [0.15, 0.2) is 11.4 Å². The third-order valence-corrected chi connectivity index (χ3v) is 1.30. The topological polar surface area (TPSA) is 85.6 Å². The summed E-state index contributed by atoms with van der Waals surface area (Å²) in [5, 5.41) is 19.9. The van der Waals surface area contributed by atoms with Crippen LogP contribution in [-0.2, 0) is 0 Å². The summed E-state index contributed by atoms with van der Waals surface area (Å²) in [5.74, 6) is 0. The molecule has 0 aliphatic carbocycles. The van der Waals surface area contributed by atoms with E-state index < -0.39 is 0 Å². The highest BCUT2D eigenvalue weighted by Crippen LogP contribution is 2.11. The predicted molar refractivity (Wildman–Crippen MR) is 49.9 cm³/mol. The molecule has 0 unspecified atom stereocenters. The molecule has 3 N–H and O–H groups in total. The average molecular weight is 178 g/mol. The number of allylic oxidation sites excluding steroid dienone is 2. The molecule has 0 amide bonds. The Hall–Kier alpha value is -1.68. The molecule has 0 fully saturated rings. The van der Waals surface area contributed by atoms with Crippen molar-refractivity contribution < 1.29 is 0 Å². The van der Waals surface area contributed by atoms with E-state index in [1.165, 1.54) is 0 Å². The van der Waals surface area contributed by atoms with Crippen LogP contribution in [0, 0.1) is 28.1 Å². The molecule has 0 rings (SSSR count). The second kappa shape index (κ2) is 4.37. The van der Waals surface area contributed by atoms with Gasteiger partial charge in [0.2, 0.25) is 0 Å². The largest absolute Gasteiger partial charge is 0.388 e. The fourth-order valence-corrected chi connectivity index (χ4v) is 0.604. The van der Waals surface area contributed by atoms with Gasteiger partial charge in [-0.3, -0.25) is 0 Å². The Morgan fingerprint density at radius 3 is 2.15 bits per heavy atom. The number of nitrogens with two attached hydrogens (primary N) is 1. The first-order valence-electron chi connectivity index (χ1n) is 3.94. The lowest BCUT2D eigenvalue weighted by molar-refractivity contribution is 0.398. The van der Waals surface area contributed by atoms with E-state index in [-0.39, 0.29) is 16.8 Å². The van der Waals surface area contributed by atoms with Crippen molar-refractivity contribution in [1.29, 1.82) is 10.5 Å². The van der Waals surface area contributed by atoms with Gasteiger partial charge in [-0.1, -0.05) is 20.8 Å². The molecule has 70 valence electrons. The van der Waals surface area contributed by atoms with Crippen LogP contribution in [0.5, 0.6) is 0 Å². The highest BCUT2D eigenvalue weighted by Gasteiger charge is 2.11. The van der Waals surface area contributed by atoms with Gasteiger partial charge in [-0.15, -0.1) is 0 Å². The van der Waals surface area contributed by atoms with Crippen LogP contribution in [0.25, 0.3) is 0 Å². The molecule has 0 atom stereocenters. The minimum Gasteiger partial charge on any atom is -0.388 e. The van der Waals surface area contributed by atoms with E-state index in [4.69, 9.17) is 16.3 Å². The number of nitrogens with zero attached hydrogens (tertiary/aromatic N) is 2. The molecule has 0 heterocycles. The summed E-state index contributed by atoms with van der Waals surface area (Å²) in [6, 6.07) is 3.57. The summed E-state index contributed by atoms with van der Waals surface area (Å²) < 4.78 is 0. The molecule has 0 saturated heterocycles. The van der Waals surface area contributed by atoms with Gasteiger partial charge in [-0.25, -0.2) is 0 Å². The normalized spacial score (nSPS) is 12.4. The van der Waals surface area contributed by atoms with Crippen LogP contribution in [0.1, 0.15) is 20.8 Å². The van der Waals surface area contributed by atoms with E-state index in [0.717, 1.165) is 0 Å². The number of nitrogens with one attached hydrogen (secondary N) is 1. The summed E-state index contributed by atoms with van der Waals surface area (Å²) >= 11 is 0. The Bertz CT molecular complexity index is 282. The number of hydrogen-bond donors (Lipinski definition) is 2. The summed E-state index contributed by atoms with van der Waals surface area (Å²) in [7, 11) is 0. The van der Waals surface area contributed by atoms with Crippen molar-refractivity contribution in [3.63, 3.8) is 0 Å². The van der Waals surface area contributed by atoms with Crippen molar-refractivity contribution in [2.75, 3.05) is 6.54 Å². The van der Waals surface area contributed by atoms with E-state index in [2.05, 4.69) is 5.32 Å².